The predicted molar refractivity (Wildman–Crippen MR) is 62.4 cm³/mol. The second kappa shape index (κ2) is 7.53. The van der Waals surface area contributed by atoms with Gasteiger partial charge in [0.2, 0.25) is 0 Å². The highest BCUT2D eigenvalue weighted by Crippen LogP contribution is 2.24. The second-order valence-corrected chi connectivity index (χ2v) is 4.43. The van der Waals surface area contributed by atoms with Gasteiger partial charge in [0.15, 0.2) is 6.61 Å². The molecule has 0 aliphatic heterocycles. The van der Waals surface area contributed by atoms with Crippen molar-refractivity contribution in [3.05, 3.63) is 12.2 Å². The van der Waals surface area contributed by atoms with E-state index in [0.29, 0.717) is 0 Å². The second-order valence-electron chi connectivity index (χ2n) is 4.43. The Morgan fingerprint density at radius 3 is 1.89 bits per heavy atom. The number of esters is 1. The first-order valence-corrected chi connectivity index (χ1v) is 5.54. The Bertz CT molecular complexity index is 294. The van der Waals surface area contributed by atoms with Crippen LogP contribution in [0.4, 0.5) is 0 Å². The van der Waals surface area contributed by atoms with Crippen LogP contribution in [0.25, 0.3) is 0 Å². The Balaban J connectivity index is 4.27. The maximum absolute atomic E-state index is 11.3. The van der Waals surface area contributed by atoms with E-state index >= 15 is 0 Å². The fourth-order valence-electron chi connectivity index (χ4n) is 1.17. The Morgan fingerprint density at radius 2 is 1.53 bits per heavy atom. The molecular weight excluding hydrogens is 260 g/mol. The number of aliphatic hydroxyl groups is 6. The first kappa shape index (κ1) is 18.0. The Morgan fingerprint density at radius 1 is 1.05 bits per heavy atom. The van der Waals surface area contributed by atoms with Crippen molar-refractivity contribution in [1.29, 1.82) is 0 Å². The van der Waals surface area contributed by atoms with Crippen LogP contribution in [0.15, 0.2) is 12.2 Å². The summed E-state index contributed by atoms with van der Waals surface area (Å²) in [5.74, 6) is -4.06. The molecule has 0 fully saturated rings. The van der Waals surface area contributed by atoms with Crippen molar-refractivity contribution in [1.82, 2.24) is 0 Å². The molecule has 0 bridgehead atoms. The van der Waals surface area contributed by atoms with Crippen LogP contribution in [0.1, 0.15) is 12.8 Å². The summed E-state index contributed by atoms with van der Waals surface area (Å²) < 4.78 is 4.36. The van der Waals surface area contributed by atoms with Crippen molar-refractivity contribution in [3.8, 4) is 0 Å². The molecular formula is C11H20O8. The summed E-state index contributed by atoms with van der Waals surface area (Å²) in [6.07, 6.45) is 0.114. The Kier molecular flexibility index (Phi) is 7.12. The van der Waals surface area contributed by atoms with Gasteiger partial charge in [0.1, 0.15) is 0 Å². The van der Waals surface area contributed by atoms with E-state index in [1.165, 1.54) is 0 Å². The SMILES string of the molecule is C=C(CCC(CO)(CO)CO)C(=O)OCC(O)(O)O. The van der Waals surface area contributed by atoms with Gasteiger partial charge in [-0.1, -0.05) is 6.58 Å². The maximum atomic E-state index is 11.3. The first-order chi connectivity index (χ1) is 8.69. The number of carbonyl (C=O) groups excluding carboxylic acids is 1. The zero-order valence-electron chi connectivity index (χ0n) is 10.4. The normalized spacial score (nSPS) is 12.3. The number of ether oxygens (including phenoxy) is 1. The highest BCUT2D eigenvalue weighted by atomic mass is 16.7. The van der Waals surface area contributed by atoms with Gasteiger partial charge in [0, 0.05) is 11.0 Å². The van der Waals surface area contributed by atoms with E-state index < -0.39 is 43.8 Å². The summed E-state index contributed by atoms with van der Waals surface area (Å²) in [6.45, 7) is 0.976. The molecule has 0 atom stereocenters. The Labute approximate surface area is 110 Å². The lowest BCUT2D eigenvalue weighted by Gasteiger charge is -2.27. The summed E-state index contributed by atoms with van der Waals surface area (Å²) >= 11 is 0. The molecule has 0 aliphatic rings. The molecule has 8 heteroatoms. The van der Waals surface area contributed by atoms with Gasteiger partial charge < -0.3 is 35.4 Å². The van der Waals surface area contributed by atoms with Gasteiger partial charge in [-0.2, -0.15) is 0 Å². The molecule has 0 aromatic heterocycles. The van der Waals surface area contributed by atoms with Gasteiger partial charge in [0.05, 0.1) is 19.8 Å². The average Bonchev–Trinajstić information content (AvgIpc) is 2.37. The van der Waals surface area contributed by atoms with Crippen LogP contribution in [0.3, 0.4) is 0 Å². The predicted octanol–water partition coefficient (Wildman–Crippen LogP) is -2.54. The van der Waals surface area contributed by atoms with Gasteiger partial charge in [-0.05, 0) is 12.8 Å². The molecule has 0 spiro atoms. The average molecular weight is 280 g/mol. The molecule has 0 aromatic rings. The maximum Gasteiger partial charge on any atom is 0.333 e. The van der Waals surface area contributed by atoms with Crippen LogP contribution >= 0.6 is 0 Å². The Hall–Kier alpha value is -1.03. The number of carbonyl (C=O) groups is 1. The van der Waals surface area contributed by atoms with Crippen molar-refractivity contribution in [2.24, 2.45) is 5.41 Å². The van der Waals surface area contributed by atoms with Crippen LogP contribution in [0.2, 0.25) is 0 Å². The lowest BCUT2D eigenvalue weighted by molar-refractivity contribution is -0.327. The van der Waals surface area contributed by atoms with Gasteiger partial charge in [-0.25, -0.2) is 4.79 Å². The molecule has 6 N–H and O–H groups in total. The molecule has 0 heterocycles. The topological polar surface area (TPSA) is 148 Å². The first-order valence-electron chi connectivity index (χ1n) is 5.54. The minimum absolute atomic E-state index is 0.0236. The van der Waals surface area contributed by atoms with Gasteiger partial charge in [-0.15, -0.1) is 0 Å². The van der Waals surface area contributed by atoms with Crippen molar-refractivity contribution in [2.75, 3.05) is 26.4 Å². The molecule has 0 saturated heterocycles. The van der Waals surface area contributed by atoms with Crippen LogP contribution in [0, 0.1) is 5.41 Å². The van der Waals surface area contributed by atoms with Crippen LogP contribution in [-0.4, -0.2) is 69.0 Å². The smallest absolute Gasteiger partial charge is 0.333 e. The summed E-state index contributed by atoms with van der Waals surface area (Å²) in [5.41, 5.74) is -1.18. The standard InChI is InChI=1S/C11H20O8/c1-8(9(15)19-7-11(16,17)18)2-3-10(4-12,5-13)6-14/h12-14,16-18H,1-7H2. The zero-order valence-corrected chi connectivity index (χ0v) is 10.4. The largest absolute Gasteiger partial charge is 0.454 e. The van der Waals surface area contributed by atoms with Crippen molar-refractivity contribution < 1.29 is 40.2 Å². The molecule has 0 rings (SSSR count). The summed E-state index contributed by atoms with van der Waals surface area (Å²) in [7, 11) is 0. The minimum Gasteiger partial charge on any atom is -0.454 e. The van der Waals surface area contributed by atoms with E-state index in [1.54, 1.807) is 0 Å². The molecule has 19 heavy (non-hydrogen) atoms. The van der Waals surface area contributed by atoms with Crippen molar-refractivity contribution in [3.63, 3.8) is 0 Å². The van der Waals surface area contributed by atoms with Crippen LogP contribution in [-0.2, 0) is 9.53 Å². The van der Waals surface area contributed by atoms with Gasteiger partial charge in [-0.3, -0.25) is 0 Å². The number of aliphatic hydroxyl groups excluding tert-OH is 3. The summed E-state index contributed by atoms with van der Waals surface area (Å²) in [5, 5.41) is 52.8. The molecule has 0 aromatic carbocycles. The molecule has 0 unspecified atom stereocenters. The molecule has 8 nitrogen and oxygen atoms in total. The highest BCUT2D eigenvalue weighted by molar-refractivity contribution is 5.87. The van der Waals surface area contributed by atoms with Crippen molar-refractivity contribution >= 4 is 5.97 Å². The number of hydrogen-bond acceptors (Lipinski definition) is 8. The monoisotopic (exact) mass is 280 g/mol. The molecule has 0 amide bonds. The highest BCUT2D eigenvalue weighted by Gasteiger charge is 2.29. The quantitative estimate of drug-likeness (QED) is 0.154. The van der Waals surface area contributed by atoms with E-state index in [9.17, 15) is 4.79 Å². The lowest BCUT2D eigenvalue weighted by Crippen LogP contribution is -2.35. The van der Waals surface area contributed by atoms with Crippen LogP contribution < -0.4 is 0 Å². The van der Waals surface area contributed by atoms with E-state index in [0.717, 1.165) is 0 Å². The van der Waals surface area contributed by atoms with Gasteiger partial charge in [0.25, 0.3) is 0 Å². The molecule has 0 aliphatic carbocycles. The van der Waals surface area contributed by atoms with E-state index in [4.69, 9.17) is 30.6 Å². The third-order valence-corrected chi connectivity index (χ3v) is 2.65. The van der Waals surface area contributed by atoms with E-state index in [1.807, 2.05) is 0 Å². The minimum atomic E-state index is -3.11. The number of rotatable bonds is 9. The fourth-order valence-corrected chi connectivity index (χ4v) is 1.17. The molecule has 0 saturated carbocycles. The molecule has 0 radical (unpaired) electrons. The fraction of sp³-hybridized carbons (Fsp3) is 0.727. The summed E-state index contributed by atoms with van der Waals surface area (Å²) in [6, 6.07) is 0. The molecule has 112 valence electrons. The van der Waals surface area contributed by atoms with Crippen LogP contribution in [0.5, 0.6) is 0 Å². The zero-order chi connectivity index (χ0) is 15.1. The van der Waals surface area contributed by atoms with E-state index in [-0.39, 0.29) is 18.4 Å². The van der Waals surface area contributed by atoms with E-state index in [2.05, 4.69) is 11.3 Å². The third kappa shape index (κ3) is 6.62. The summed E-state index contributed by atoms with van der Waals surface area (Å²) in [4.78, 5) is 11.3. The third-order valence-electron chi connectivity index (χ3n) is 2.65. The lowest BCUT2D eigenvalue weighted by atomic mass is 9.84. The number of hydrogen-bond donors (Lipinski definition) is 6. The van der Waals surface area contributed by atoms with Crippen molar-refractivity contribution in [2.45, 2.75) is 18.8 Å². The van der Waals surface area contributed by atoms with Gasteiger partial charge >= 0.3 is 11.9 Å².